The summed E-state index contributed by atoms with van der Waals surface area (Å²) >= 11 is 12.4. The highest BCUT2D eigenvalue weighted by molar-refractivity contribution is 6.42. The number of carboxylic acids is 1. The third kappa shape index (κ3) is 5.93. The number of carbonyl (C=O) groups is 4. The van der Waals surface area contributed by atoms with Crippen LogP contribution in [0.15, 0.2) is 90.2 Å². The van der Waals surface area contributed by atoms with Crippen LogP contribution in [0.2, 0.25) is 10.0 Å². The molecule has 0 fully saturated rings. The Labute approximate surface area is 240 Å². The normalized spacial score (nSPS) is 15.3. The van der Waals surface area contributed by atoms with Crippen LogP contribution < -0.4 is 10.2 Å². The molecule has 3 aromatic rings. The minimum atomic E-state index is -1.29. The molecule has 0 aliphatic carbocycles. The number of carboxylic acid groups (broad SMARTS) is 1. The summed E-state index contributed by atoms with van der Waals surface area (Å²) < 4.78 is 0. The molecule has 1 atom stereocenters. The first kappa shape index (κ1) is 28.6. The van der Waals surface area contributed by atoms with Crippen molar-refractivity contribution in [1.82, 2.24) is 0 Å². The molecule has 40 heavy (non-hydrogen) atoms. The number of aliphatic hydroxyl groups is 1. The number of nitrogens with one attached hydrogen (secondary N) is 1. The minimum Gasteiger partial charge on any atom is -0.503 e. The molecular weight excluding hydrogens is 555 g/mol. The maximum absolute atomic E-state index is 13.9. The molecule has 1 aliphatic rings. The second-order valence-electron chi connectivity index (χ2n) is 9.33. The van der Waals surface area contributed by atoms with E-state index in [9.17, 15) is 24.3 Å². The molecule has 8 nitrogen and oxygen atoms in total. The van der Waals surface area contributed by atoms with E-state index < -0.39 is 35.4 Å². The summed E-state index contributed by atoms with van der Waals surface area (Å²) in [6, 6.07) is 16.8. The van der Waals surface area contributed by atoms with Gasteiger partial charge in [-0.15, -0.1) is 0 Å². The van der Waals surface area contributed by atoms with Gasteiger partial charge in [0.05, 0.1) is 21.7 Å². The molecule has 0 spiro atoms. The maximum atomic E-state index is 13.9. The number of benzene rings is 3. The number of carbonyl (C=O) groups excluding carboxylic acids is 3. The molecule has 10 heteroatoms. The van der Waals surface area contributed by atoms with Gasteiger partial charge in [-0.25, -0.2) is 4.79 Å². The number of anilines is 2. The fraction of sp³-hybridized carbons (Fsp3) is 0.133. The molecule has 3 aromatic carbocycles. The molecular formula is C30H24Cl2N2O6. The number of amides is 2. The summed E-state index contributed by atoms with van der Waals surface area (Å²) in [6.45, 7) is 4.02. The van der Waals surface area contributed by atoms with E-state index in [1.807, 2.05) is 26.0 Å². The highest BCUT2D eigenvalue weighted by Crippen LogP contribution is 2.43. The van der Waals surface area contributed by atoms with Crippen molar-refractivity contribution >= 4 is 58.1 Å². The van der Waals surface area contributed by atoms with E-state index in [0.717, 1.165) is 11.6 Å². The lowest BCUT2D eigenvalue weighted by atomic mass is 9.92. The van der Waals surface area contributed by atoms with Gasteiger partial charge in [-0.3, -0.25) is 19.3 Å². The zero-order valence-corrected chi connectivity index (χ0v) is 22.9. The molecule has 204 valence electrons. The topological polar surface area (TPSA) is 124 Å². The van der Waals surface area contributed by atoms with Crippen LogP contribution in [0, 0.1) is 0 Å². The molecule has 4 rings (SSSR count). The molecule has 0 saturated carbocycles. The molecule has 1 heterocycles. The fourth-order valence-corrected chi connectivity index (χ4v) is 4.67. The Kier molecular flexibility index (Phi) is 8.42. The second kappa shape index (κ2) is 11.8. The third-order valence-corrected chi connectivity index (χ3v) is 7.04. The molecule has 0 saturated heterocycles. The predicted octanol–water partition coefficient (Wildman–Crippen LogP) is 6.48. The molecule has 0 aromatic heterocycles. The second-order valence-corrected chi connectivity index (χ2v) is 10.1. The van der Waals surface area contributed by atoms with Crippen LogP contribution in [0.25, 0.3) is 0 Å². The Hall–Kier alpha value is -4.40. The first-order valence-electron chi connectivity index (χ1n) is 12.2. The van der Waals surface area contributed by atoms with Crippen molar-refractivity contribution in [1.29, 1.82) is 0 Å². The van der Waals surface area contributed by atoms with E-state index in [-0.39, 0.29) is 32.8 Å². The fourth-order valence-electron chi connectivity index (χ4n) is 4.36. The zero-order valence-electron chi connectivity index (χ0n) is 21.4. The Bertz CT molecular complexity index is 1590. The first-order chi connectivity index (χ1) is 19.0. The first-order valence-corrected chi connectivity index (χ1v) is 12.9. The Balaban J connectivity index is 1.79. The molecule has 3 N–H and O–H groups in total. The van der Waals surface area contributed by atoms with E-state index in [4.69, 9.17) is 28.3 Å². The number of hydrogen-bond donors (Lipinski definition) is 3. The number of hydrogen-bond acceptors (Lipinski definition) is 5. The maximum Gasteiger partial charge on any atom is 0.328 e. The van der Waals surface area contributed by atoms with Gasteiger partial charge in [-0.05, 0) is 53.4 Å². The SMILES string of the molecule is CC(C)c1cccc(N2C(=O)C(O)=C(C(=O)c3cccc(NC(=O)C=CC(=O)O)c3)C2c2ccc(Cl)c(Cl)c2)c1. The van der Waals surface area contributed by atoms with E-state index in [1.165, 1.54) is 29.2 Å². The highest BCUT2D eigenvalue weighted by Gasteiger charge is 2.45. The molecule has 0 radical (unpaired) electrons. The van der Waals surface area contributed by atoms with Crippen molar-refractivity contribution in [2.75, 3.05) is 10.2 Å². The predicted molar refractivity (Wildman–Crippen MR) is 153 cm³/mol. The number of ketones is 1. The van der Waals surface area contributed by atoms with Gasteiger partial charge >= 0.3 is 5.97 Å². The van der Waals surface area contributed by atoms with Gasteiger partial charge in [0, 0.05) is 29.1 Å². The monoisotopic (exact) mass is 578 g/mol. The smallest absolute Gasteiger partial charge is 0.328 e. The van der Waals surface area contributed by atoms with Gasteiger partial charge in [0.15, 0.2) is 11.5 Å². The standard InChI is InChI=1S/C30H24Cl2N2O6/c1-16(2)17-5-4-8-21(14-17)34-27(18-9-10-22(31)23(32)15-18)26(29(39)30(34)40)28(38)19-6-3-7-20(13-19)33-24(35)11-12-25(36)37/h3-16,27,39H,1-2H3,(H,33,35)(H,36,37). The quantitative estimate of drug-likeness (QED) is 0.207. The van der Waals surface area contributed by atoms with Gasteiger partial charge in [0.25, 0.3) is 5.91 Å². The Morgan fingerprint density at radius 1 is 0.950 bits per heavy atom. The number of halogens is 2. The summed E-state index contributed by atoms with van der Waals surface area (Å²) in [4.78, 5) is 51.5. The third-order valence-electron chi connectivity index (χ3n) is 6.30. The van der Waals surface area contributed by atoms with Crippen molar-refractivity contribution in [3.63, 3.8) is 0 Å². The summed E-state index contributed by atoms with van der Waals surface area (Å²) in [6.07, 6.45) is 1.52. The van der Waals surface area contributed by atoms with Crippen molar-refractivity contribution < 1.29 is 29.4 Å². The summed E-state index contributed by atoms with van der Waals surface area (Å²) in [5.74, 6) is -3.97. The van der Waals surface area contributed by atoms with Gasteiger partial charge in [-0.2, -0.15) is 0 Å². The van der Waals surface area contributed by atoms with E-state index in [1.54, 1.807) is 30.3 Å². The Morgan fingerprint density at radius 2 is 1.68 bits per heavy atom. The van der Waals surface area contributed by atoms with Crippen LogP contribution in [0.4, 0.5) is 11.4 Å². The molecule has 0 bridgehead atoms. The number of aliphatic hydroxyl groups excluding tert-OH is 1. The lowest BCUT2D eigenvalue weighted by molar-refractivity contribution is -0.131. The molecule has 2 amide bonds. The van der Waals surface area contributed by atoms with E-state index >= 15 is 0 Å². The average molecular weight is 579 g/mol. The van der Waals surface area contributed by atoms with Crippen LogP contribution in [0.1, 0.15) is 47.3 Å². The van der Waals surface area contributed by atoms with Crippen LogP contribution in [0.3, 0.4) is 0 Å². The van der Waals surface area contributed by atoms with Crippen LogP contribution >= 0.6 is 23.2 Å². The lowest BCUT2D eigenvalue weighted by Gasteiger charge is -2.28. The van der Waals surface area contributed by atoms with Crippen LogP contribution in [-0.4, -0.2) is 33.8 Å². The Morgan fingerprint density at radius 3 is 2.35 bits per heavy atom. The summed E-state index contributed by atoms with van der Waals surface area (Å²) in [5.41, 5.74) is 2.01. The number of aliphatic carboxylic acids is 1. The molecule has 1 aliphatic heterocycles. The molecule has 1 unspecified atom stereocenters. The highest BCUT2D eigenvalue weighted by atomic mass is 35.5. The average Bonchev–Trinajstić information content (AvgIpc) is 3.19. The largest absolute Gasteiger partial charge is 0.503 e. The van der Waals surface area contributed by atoms with Gasteiger partial charge in [0.1, 0.15) is 0 Å². The number of rotatable bonds is 8. The number of nitrogens with zero attached hydrogens (tertiary/aromatic N) is 1. The minimum absolute atomic E-state index is 0.0807. The van der Waals surface area contributed by atoms with Crippen molar-refractivity contribution in [2.45, 2.75) is 25.8 Å². The summed E-state index contributed by atoms with van der Waals surface area (Å²) in [7, 11) is 0. The van der Waals surface area contributed by atoms with E-state index in [2.05, 4.69) is 5.32 Å². The lowest BCUT2D eigenvalue weighted by Crippen LogP contribution is -2.31. The van der Waals surface area contributed by atoms with Gasteiger partial charge in [-0.1, -0.05) is 67.4 Å². The zero-order chi connectivity index (χ0) is 29.1. The van der Waals surface area contributed by atoms with E-state index in [0.29, 0.717) is 17.3 Å². The van der Waals surface area contributed by atoms with Crippen LogP contribution in [-0.2, 0) is 14.4 Å². The van der Waals surface area contributed by atoms with Crippen molar-refractivity contribution in [3.8, 4) is 0 Å². The van der Waals surface area contributed by atoms with Gasteiger partial charge < -0.3 is 15.5 Å². The van der Waals surface area contributed by atoms with Gasteiger partial charge in [0.2, 0.25) is 5.91 Å². The van der Waals surface area contributed by atoms with Crippen molar-refractivity contribution in [3.05, 3.63) is 117 Å². The number of Topliss-reactive ketones (excluding diaryl/α,β-unsaturated/α-hetero) is 1. The summed E-state index contributed by atoms with van der Waals surface area (Å²) in [5, 5.41) is 22.8. The van der Waals surface area contributed by atoms with Crippen LogP contribution in [0.5, 0.6) is 0 Å². The van der Waals surface area contributed by atoms with Crippen molar-refractivity contribution in [2.24, 2.45) is 0 Å².